The van der Waals surface area contributed by atoms with Crippen molar-refractivity contribution < 1.29 is 13.2 Å². The molecule has 0 aromatic carbocycles. The quantitative estimate of drug-likeness (QED) is 0.615. The van der Waals surface area contributed by atoms with Crippen molar-refractivity contribution in [3.05, 3.63) is 12.4 Å². The Bertz CT molecular complexity index is 463. The Kier molecular flexibility index (Phi) is 2.92. The van der Waals surface area contributed by atoms with Crippen LogP contribution in [-0.2, 0) is 14.8 Å². The van der Waals surface area contributed by atoms with Gasteiger partial charge in [-0.05, 0) is 12.8 Å². The fourth-order valence-electron chi connectivity index (χ4n) is 1.14. The summed E-state index contributed by atoms with van der Waals surface area (Å²) in [6.45, 7) is -0.246. The van der Waals surface area contributed by atoms with Crippen molar-refractivity contribution in [2.24, 2.45) is 0 Å². The lowest BCUT2D eigenvalue weighted by Gasteiger charge is -2.04. The normalized spacial score (nSPS) is 16.0. The molecule has 8 heteroatoms. The number of rotatable bonds is 5. The summed E-state index contributed by atoms with van der Waals surface area (Å²) < 4.78 is 25.3. The van der Waals surface area contributed by atoms with Crippen molar-refractivity contribution in [2.75, 3.05) is 6.54 Å². The number of hydrogen-bond acceptors (Lipinski definition) is 4. The Hall–Kier alpha value is -1.41. The van der Waals surface area contributed by atoms with Gasteiger partial charge in [0.15, 0.2) is 0 Å². The first-order chi connectivity index (χ1) is 7.58. The highest BCUT2D eigenvalue weighted by atomic mass is 32.2. The summed E-state index contributed by atoms with van der Waals surface area (Å²) in [5, 5.41) is 8.61. The van der Waals surface area contributed by atoms with Crippen LogP contribution in [0.25, 0.3) is 0 Å². The van der Waals surface area contributed by atoms with Crippen LogP contribution >= 0.6 is 0 Å². The SMILES string of the molecule is O=C(CNS(=O)(=O)c1cn[nH]c1)NC1CC1. The number of sulfonamides is 1. The van der Waals surface area contributed by atoms with Crippen LogP contribution in [0.2, 0.25) is 0 Å². The van der Waals surface area contributed by atoms with Gasteiger partial charge >= 0.3 is 0 Å². The second-order valence-corrected chi connectivity index (χ2v) is 5.37. The van der Waals surface area contributed by atoms with Crippen LogP contribution in [0, 0.1) is 0 Å². The number of amides is 1. The minimum absolute atomic E-state index is 0.0201. The molecule has 0 atom stereocenters. The van der Waals surface area contributed by atoms with Gasteiger partial charge in [-0.1, -0.05) is 0 Å². The van der Waals surface area contributed by atoms with Gasteiger partial charge in [0.25, 0.3) is 0 Å². The lowest BCUT2D eigenvalue weighted by Crippen LogP contribution is -2.37. The number of aromatic amines is 1. The first-order valence-electron chi connectivity index (χ1n) is 4.86. The number of H-pyrrole nitrogens is 1. The molecule has 0 bridgehead atoms. The Morgan fingerprint density at radius 3 is 2.88 bits per heavy atom. The first kappa shape index (κ1) is 11.1. The van der Waals surface area contributed by atoms with Crippen LogP contribution in [0.3, 0.4) is 0 Å². The Morgan fingerprint density at radius 1 is 1.56 bits per heavy atom. The van der Waals surface area contributed by atoms with Gasteiger partial charge in [-0.25, -0.2) is 13.1 Å². The number of hydrogen-bond donors (Lipinski definition) is 3. The molecule has 0 saturated heterocycles. The van der Waals surface area contributed by atoms with Gasteiger partial charge in [-0.3, -0.25) is 9.89 Å². The molecule has 1 fully saturated rings. The summed E-state index contributed by atoms with van der Waals surface area (Å²) in [4.78, 5) is 11.3. The number of nitrogens with zero attached hydrogens (tertiary/aromatic N) is 1. The zero-order chi connectivity index (χ0) is 11.6. The highest BCUT2D eigenvalue weighted by Gasteiger charge is 2.24. The lowest BCUT2D eigenvalue weighted by molar-refractivity contribution is -0.120. The molecule has 1 aromatic heterocycles. The maximum Gasteiger partial charge on any atom is 0.244 e. The maximum absolute atomic E-state index is 11.5. The molecule has 16 heavy (non-hydrogen) atoms. The van der Waals surface area contributed by atoms with Crippen molar-refractivity contribution in [3.8, 4) is 0 Å². The summed E-state index contributed by atoms with van der Waals surface area (Å²) in [5.74, 6) is -0.311. The van der Waals surface area contributed by atoms with Gasteiger partial charge in [0.1, 0.15) is 4.90 Å². The molecule has 1 aromatic rings. The van der Waals surface area contributed by atoms with Crippen molar-refractivity contribution in [2.45, 2.75) is 23.8 Å². The summed E-state index contributed by atoms with van der Waals surface area (Å²) in [6.07, 6.45) is 4.38. The van der Waals surface area contributed by atoms with E-state index in [0.29, 0.717) is 0 Å². The Balaban J connectivity index is 1.86. The van der Waals surface area contributed by atoms with Crippen molar-refractivity contribution in [1.82, 2.24) is 20.2 Å². The first-order valence-corrected chi connectivity index (χ1v) is 6.34. The summed E-state index contributed by atoms with van der Waals surface area (Å²) >= 11 is 0. The molecule has 0 radical (unpaired) electrons. The topological polar surface area (TPSA) is 104 Å². The van der Waals surface area contributed by atoms with Gasteiger partial charge in [-0.15, -0.1) is 0 Å². The van der Waals surface area contributed by atoms with E-state index in [-0.39, 0.29) is 23.4 Å². The molecule has 0 unspecified atom stereocenters. The summed E-state index contributed by atoms with van der Waals surface area (Å²) in [7, 11) is -3.63. The van der Waals surface area contributed by atoms with Gasteiger partial charge in [0.05, 0.1) is 12.7 Å². The molecule has 1 aliphatic carbocycles. The minimum Gasteiger partial charge on any atom is -0.352 e. The lowest BCUT2D eigenvalue weighted by atomic mass is 10.5. The van der Waals surface area contributed by atoms with Gasteiger partial charge < -0.3 is 5.32 Å². The van der Waals surface area contributed by atoms with Gasteiger partial charge in [0, 0.05) is 12.2 Å². The van der Waals surface area contributed by atoms with Crippen LogP contribution in [0.4, 0.5) is 0 Å². The zero-order valence-corrected chi connectivity index (χ0v) is 9.25. The third-order valence-electron chi connectivity index (χ3n) is 2.15. The third-order valence-corrected chi connectivity index (χ3v) is 3.52. The van der Waals surface area contributed by atoms with Crippen LogP contribution in [0.5, 0.6) is 0 Å². The standard InChI is InChI=1S/C8H12N4O3S/c13-8(12-6-1-2-6)5-11-16(14,15)7-3-9-10-4-7/h3-4,6,11H,1-2,5H2,(H,9,10)(H,12,13). The van der Waals surface area contributed by atoms with E-state index in [1.807, 2.05) is 0 Å². The monoisotopic (exact) mass is 244 g/mol. The van der Waals surface area contributed by atoms with E-state index in [1.165, 1.54) is 12.4 Å². The maximum atomic E-state index is 11.5. The molecule has 88 valence electrons. The number of carbonyl (C=O) groups excluding carboxylic acids is 1. The van der Waals surface area contributed by atoms with E-state index in [0.717, 1.165) is 12.8 Å². The zero-order valence-electron chi connectivity index (χ0n) is 8.43. The second kappa shape index (κ2) is 4.22. The fraction of sp³-hybridized carbons (Fsp3) is 0.500. The predicted octanol–water partition coefficient (Wildman–Crippen LogP) is -1.03. The van der Waals surface area contributed by atoms with Crippen LogP contribution in [0.1, 0.15) is 12.8 Å². The molecule has 1 heterocycles. The molecule has 2 rings (SSSR count). The van der Waals surface area contributed by atoms with E-state index < -0.39 is 10.0 Å². The van der Waals surface area contributed by atoms with E-state index in [4.69, 9.17) is 0 Å². The van der Waals surface area contributed by atoms with Crippen LogP contribution < -0.4 is 10.0 Å². The van der Waals surface area contributed by atoms with Gasteiger partial charge in [0.2, 0.25) is 15.9 Å². The van der Waals surface area contributed by atoms with E-state index in [2.05, 4.69) is 20.2 Å². The van der Waals surface area contributed by atoms with Crippen LogP contribution in [-0.4, -0.2) is 37.1 Å². The molecule has 0 aliphatic heterocycles. The fourth-order valence-corrected chi connectivity index (χ4v) is 2.02. The summed E-state index contributed by atoms with van der Waals surface area (Å²) in [5.41, 5.74) is 0. The van der Waals surface area contributed by atoms with E-state index in [1.54, 1.807) is 0 Å². The van der Waals surface area contributed by atoms with Crippen molar-refractivity contribution in [1.29, 1.82) is 0 Å². The average Bonchev–Trinajstić information content (AvgIpc) is 2.86. The molecule has 1 saturated carbocycles. The summed E-state index contributed by atoms with van der Waals surface area (Å²) in [6, 6.07) is 0.228. The second-order valence-electron chi connectivity index (χ2n) is 3.60. The van der Waals surface area contributed by atoms with Crippen molar-refractivity contribution in [3.63, 3.8) is 0 Å². The Morgan fingerprint density at radius 2 is 2.31 bits per heavy atom. The van der Waals surface area contributed by atoms with Crippen molar-refractivity contribution >= 4 is 15.9 Å². The van der Waals surface area contributed by atoms with Crippen LogP contribution in [0.15, 0.2) is 17.3 Å². The smallest absolute Gasteiger partial charge is 0.244 e. The molecule has 3 N–H and O–H groups in total. The molecule has 7 nitrogen and oxygen atoms in total. The number of nitrogens with one attached hydrogen (secondary N) is 3. The molecule has 1 aliphatic rings. The molecule has 1 amide bonds. The highest BCUT2D eigenvalue weighted by Crippen LogP contribution is 2.18. The molecular formula is C8H12N4O3S. The van der Waals surface area contributed by atoms with E-state index in [9.17, 15) is 13.2 Å². The Labute approximate surface area is 92.7 Å². The average molecular weight is 244 g/mol. The predicted molar refractivity (Wildman–Crippen MR) is 54.9 cm³/mol. The largest absolute Gasteiger partial charge is 0.352 e. The number of carbonyl (C=O) groups is 1. The molecule has 0 spiro atoms. The number of aromatic nitrogens is 2. The minimum atomic E-state index is -3.63. The van der Waals surface area contributed by atoms with E-state index >= 15 is 0 Å². The highest BCUT2D eigenvalue weighted by molar-refractivity contribution is 7.89. The third kappa shape index (κ3) is 2.80. The molecular weight excluding hydrogens is 232 g/mol. The van der Waals surface area contributed by atoms with Gasteiger partial charge in [-0.2, -0.15) is 5.10 Å².